The number of hydrogen-bond donors (Lipinski definition) is 1. The van der Waals surface area contributed by atoms with E-state index in [0.717, 1.165) is 39.1 Å². The van der Waals surface area contributed by atoms with Crippen molar-refractivity contribution in [3.8, 4) is 11.1 Å². The predicted octanol–water partition coefficient (Wildman–Crippen LogP) is 6.26. The van der Waals surface area contributed by atoms with Crippen molar-refractivity contribution in [1.82, 2.24) is 14.9 Å². The van der Waals surface area contributed by atoms with Gasteiger partial charge in [-0.2, -0.15) is 0 Å². The quantitative estimate of drug-likeness (QED) is 0.308. The lowest BCUT2D eigenvalue weighted by molar-refractivity contribution is -0.120. The highest BCUT2D eigenvalue weighted by Gasteiger charge is 2.13. The first kappa shape index (κ1) is 21.9. The highest BCUT2D eigenvalue weighted by molar-refractivity contribution is 6.31. The molecule has 0 unspecified atom stereocenters. The summed E-state index contributed by atoms with van der Waals surface area (Å²) in [4.78, 5) is 17.5. The molecule has 0 aliphatic rings. The summed E-state index contributed by atoms with van der Waals surface area (Å²) in [6, 6.07) is 34.1. The maximum atomic E-state index is 12.7. The molecule has 4 aromatic carbocycles. The van der Waals surface area contributed by atoms with E-state index in [9.17, 15) is 4.79 Å². The van der Waals surface area contributed by atoms with E-state index in [1.54, 1.807) is 0 Å². The fraction of sp³-hybridized carbons (Fsp3) is 0.103. The number of fused-ring (bicyclic) bond motifs is 1. The number of rotatable bonds is 7. The summed E-state index contributed by atoms with van der Waals surface area (Å²) in [7, 11) is 0. The Hall–Kier alpha value is -3.89. The molecule has 0 bridgehead atoms. The van der Waals surface area contributed by atoms with Gasteiger partial charge >= 0.3 is 0 Å². The number of imidazole rings is 1. The number of carbonyl (C=O) groups is 1. The standard InChI is InChI=1S/C29H24ClN3O/c30-25-11-5-4-10-24(25)20-33-27-13-7-6-12-26(27)32-28(33)19-31-29(34)18-21-14-16-23(17-15-21)22-8-2-1-3-9-22/h1-17H,18-20H2,(H,31,34). The zero-order valence-electron chi connectivity index (χ0n) is 18.6. The molecule has 1 heterocycles. The lowest BCUT2D eigenvalue weighted by Gasteiger charge is -2.12. The Morgan fingerprint density at radius 2 is 1.47 bits per heavy atom. The molecule has 0 atom stereocenters. The van der Waals surface area contributed by atoms with Gasteiger partial charge in [-0.25, -0.2) is 4.98 Å². The Kier molecular flexibility index (Phi) is 6.41. The third-order valence-electron chi connectivity index (χ3n) is 5.89. The fourth-order valence-electron chi connectivity index (χ4n) is 4.10. The van der Waals surface area contributed by atoms with Crippen molar-refractivity contribution >= 4 is 28.5 Å². The monoisotopic (exact) mass is 465 g/mol. The van der Waals surface area contributed by atoms with Crippen molar-refractivity contribution < 1.29 is 4.79 Å². The van der Waals surface area contributed by atoms with Crippen molar-refractivity contribution in [3.05, 3.63) is 125 Å². The van der Waals surface area contributed by atoms with E-state index in [-0.39, 0.29) is 5.91 Å². The first-order chi connectivity index (χ1) is 16.7. The number of hydrogen-bond acceptors (Lipinski definition) is 2. The van der Waals surface area contributed by atoms with Crippen LogP contribution >= 0.6 is 11.6 Å². The minimum absolute atomic E-state index is 0.0381. The van der Waals surface area contributed by atoms with Gasteiger partial charge in [0.25, 0.3) is 0 Å². The summed E-state index contributed by atoms with van der Waals surface area (Å²) in [5, 5.41) is 3.76. The Morgan fingerprint density at radius 3 is 2.26 bits per heavy atom. The van der Waals surface area contributed by atoms with E-state index < -0.39 is 0 Å². The van der Waals surface area contributed by atoms with Crippen molar-refractivity contribution in [2.45, 2.75) is 19.5 Å². The van der Waals surface area contributed by atoms with Crippen LogP contribution in [-0.4, -0.2) is 15.5 Å². The van der Waals surface area contributed by atoms with Gasteiger partial charge in [0.05, 0.1) is 30.5 Å². The van der Waals surface area contributed by atoms with Crippen molar-refractivity contribution in [3.63, 3.8) is 0 Å². The zero-order valence-corrected chi connectivity index (χ0v) is 19.4. The van der Waals surface area contributed by atoms with Crippen LogP contribution in [0.15, 0.2) is 103 Å². The van der Waals surface area contributed by atoms with Crippen molar-refractivity contribution in [1.29, 1.82) is 0 Å². The number of halogens is 1. The molecule has 4 nitrogen and oxygen atoms in total. The predicted molar refractivity (Wildman–Crippen MR) is 138 cm³/mol. The minimum Gasteiger partial charge on any atom is -0.349 e. The van der Waals surface area contributed by atoms with Gasteiger partial charge in [-0.05, 0) is 40.5 Å². The molecule has 0 spiro atoms. The summed E-state index contributed by atoms with van der Waals surface area (Å²) >= 11 is 6.41. The second-order valence-corrected chi connectivity index (χ2v) is 8.62. The van der Waals surface area contributed by atoms with Gasteiger partial charge in [-0.3, -0.25) is 4.79 Å². The Labute approximate surface area is 203 Å². The fourth-order valence-corrected chi connectivity index (χ4v) is 4.30. The Morgan fingerprint density at radius 1 is 0.794 bits per heavy atom. The van der Waals surface area contributed by atoms with Crippen LogP contribution in [0.1, 0.15) is 17.0 Å². The molecule has 0 saturated carbocycles. The largest absolute Gasteiger partial charge is 0.349 e. The molecule has 5 heteroatoms. The lowest BCUT2D eigenvalue weighted by Crippen LogP contribution is -2.26. The smallest absolute Gasteiger partial charge is 0.224 e. The molecule has 5 aromatic rings. The molecule has 0 radical (unpaired) electrons. The average molecular weight is 466 g/mol. The normalized spacial score (nSPS) is 11.0. The van der Waals surface area contributed by atoms with Gasteiger partial charge in [0.15, 0.2) is 0 Å². The van der Waals surface area contributed by atoms with Gasteiger partial charge in [0.1, 0.15) is 5.82 Å². The van der Waals surface area contributed by atoms with Crippen LogP contribution in [0.5, 0.6) is 0 Å². The van der Waals surface area contributed by atoms with E-state index in [0.29, 0.717) is 24.5 Å². The van der Waals surface area contributed by atoms with Gasteiger partial charge in [0.2, 0.25) is 5.91 Å². The van der Waals surface area contributed by atoms with Gasteiger partial charge in [-0.15, -0.1) is 0 Å². The molecule has 34 heavy (non-hydrogen) atoms. The molecular formula is C29H24ClN3O. The zero-order chi connectivity index (χ0) is 23.3. The van der Waals surface area contributed by atoms with Crippen LogP contribution < -0.4 is 5.32 Å². The van der Waals surface area contributed by atoms with E-state index in [4.69, 9.17) is 16.6 Å². The summed E-state index contributed by atoms with van der Waals surface area (Å²) in [5.41, 5.74) is 6.20. The van der Waals surface area contributed by atoms with E-state index in [2.05, 4.69) is 34.1 Å². The third kappa shape index (κ3) is 4.87. The molecule has 0 aliphatic heterocycles. The first-order valence-corrected chi connectivity index (χ1v) is 11.6. The molecule has 0 aliphatic carbocycles. The number of amides is 1. The molecule has 0 saturated heterocycles. The lowest BCUT2D eigenvalue weighted by atomic mass is 10.0. The summed E-state index contributed by atoms with van der Waals surface area (Å²) < 4.78 is 2.12. The van der Waals surface area contributed by atoms with Crippen LogP contribution in [0, 0.1) is 0 Å². The van der Waals surface area contributed by atoms with E-state index in [1.165, 1.54) is 0 Å². The molecule has 5 rings (SSSR count). The molecular weight excluding hydrogens is 442 g/mol. The number of aromatic nitrogens is 2. The van der Waals surface area contributed by atoms with Gasteiger partial charge in [-0.1, -0.05) is 96.5 Å². The Bertz CT molecular complexity index is 1430. The molecule has 1 amide bonds. The molecule has 1 N–H and O–H groups in total. The molecule has 0 fully saturated rings. The SMILES string of the molecule is O=C(Cc1ccc(-c2ccccc2)cc1)NCc1nc2ccccc2n1Cc1ccccc1Cl. The average Bonchev–Trinajstić information content (AvgIpc) is 3.22. The van der Waals surface area contributed by atoms with Crippen LogP contribution in [0.3, 0.4) is 0 Å². The maximum absolute atomic E-state index is 12.7. The van der Waals surface area contributed by atoms with Gasteiger partial charge in [0, 0.05) is 5.02 Å². The number of benzene rings is 4. The molecule has 168 valence electrons. The van der Waals surface area contributed by atoms with Crippen LogP contribution in [0.2, 0.25) is 5.02 Å². The minimum atomic E-state index is -0.0381. The summed E-state index contributed by atoms with van der Waals surface area (Å²) in [5.74, 6) is 0.762. The topological polar surface area (TPSA) is 46.9 Å². The highest BCUT2D eigenvalue weighted by Crippen LogP contribution is 2.22. The summed E-state index contributed by atoms with van der Waals surface area (Å²) in [6.07, 6.45) is 0.319. The maximum Gasteiger partial charge on any atom is 0.224 e. The molecule has 1 aromatic heterocycles. The number of nitrogens with one attached hydrogen (secondary N) is 1. The van der Waals surface area contributed by atoms with Crippen molar-refractivity contribution in [2.75, 3.05) is 0 Å². The van der Waals surface area contributed by atoms with Gasteiger partial charge < -0.3 is 9.88 Å². The Balaban J connectivity index is 1.29. The second-order valence-electron chi connectivity index (χ2n) is 8.21. The summed E-state index contributed by atoms with van der Waals surface area (Å²) in [6.45, 7) is 0.937. The van der Waals surface area contributed by atoms with E-state index >= 15 is 0 Å². The second kappa shape index (κ2) is 9.94. The third-order valence-corrected chi connectivity index (χ3v) is 6.26. The van der Waals surface area contributed by atoms with Crippen LogP contribution in [0.4, 0.5) is 0 Å². The number of carbonyl (C=O) groups excluding carboxylic acids is 1. The number of para-hydroxylation sites is 2. The number of nitrogens with zero attached hydrogens (tertiary/aromatic N) is 2. The van der Waals surface area contributed by atoms with Crippen molar-refractivity contribution in [2.24, 2.45) is 0 Å². The highest BCUT2D eigenvalue weighted by atomic mass is 35.5. The van der Waals surface area contributed by atoms with Crippen LogP contribution in [0.25, 0.3) is 22.2 Å². The van der Waals surface area contributed by atoms with Crippen LogP contribution in [-0.2, 0) is 24.3 Å². The van der Waals surface area contributed by atoms with E-state index in [1.807, 2.05) is 78.9 Å². The first-order valence-electron chi connectivity index (χ1n) is 11.3.